The van der Waals surface area contributed by atoms with E-state index in [1.54, 1.807) is 0 Å². The van der Waals surface area contributed by atoms with Crippen molar-refractivity contribution in [3.05, 3.63) is 76.3 Å². The van der Waals surface area contributed by atoms with Crippen LogP contribution in [-0.2, 0) is 16.0 Å². The number of carbonyl (C=O) groups excluding carboxylic acids is 2. The van der Waals surface area contributed by atoms with Crippen LogP contribution in [0.25, 0.3) is 0 Å². The minimum Gasteiger partial charge on any atom is -0.304 e. The van der Waals surface area contributed by atoms with Gasteiger partial charge in [-0.05, 0) is 38.1 Å². The number of aryl methyl sites for hydroxylation is 1. The summed E-state index contributed by atoms with van der Waals surface area (Å²) in [6, 6.07) is 19.3. The average Bonchev–Trinajstić information content (AvgIpc) is 3.13. The molecule has 9 heteroatoms. The average molecular weight is 543 g/mol. The monoisotopic (exact) mass is 541 g/mol. The zero-order valence-corrected chi connectivity index (χ0v) is 21.8. The molecule has 2 fully saturated rings. The first-order valence-corrected chi connectivity index (χ1v) is 11.8. The Morgan fingerprint density at radius 3 is 2.35 bits per heavy atom. The molecular weight excluding hydrogens is 514 g/mol. The Labute approximate surface area is 215 Å². The predicted octanol–water partition coefficient (Wildman–Crippen LogP) is 3.28. The van der Waals surface area contributed by atoms with Crippen molar-refractivity contribution in [1.29, 1.82) is 5.26 Å². The molecular formula is C25H28BrN5O2S. The molecule has 0 spiro atoms. The van der Waals surface area contributed by atoms with Crippen LogP contribution in [0.15, 0.2) is 65.2 Å². The molecule has 1 N–H and O–H groups in total. The molecule has 2 aliphatic rings. The van der Waals surface area contributed by atoms with E-state index in [1.807, 2.05) is 73.6 Å². The number of anilines is 1. The molecule has 2 heterocycles. The summed E-state index contributed by atoms with van der Waals surface area (Å²) in [7, 11) is 2.04. The summed E-state index contributed by atoms with van der Waals surface area (Å²) in [6.45, 7) is 5.05. The summed E-state index contributed by atoms with van der Waals surface area (Å²) in [5, 5.41) is 11.7. The van der Waals surface area contributed by atoms with E-state index in [0.29, 0.717) is 30.2 Å². The zero-order valence-electron chi connectivity index (χ0n) is 19.2. The highest BCUT2D eigenvalue weighted by molar-refractivity contribution is 8.93. The Balaban J connectivity index is 0.00000324. The number of nitrogens with one attached hydrogen (secondary N) is 1. The van der Waals surface area contributed by atoms with Gasteiger partial charge in [0.15, 0.2) is 0 Å². The molecule has 34 heavy (non-hydrogen) atoms. The number of carbonyl (C=O) groups is 2. The van der Waals surface area contributed by atoms with Gasteiger partial charge in [0.2, 0.25) is 5.91 Å². The number of hydrogen-bond donors (Lipinski definition) is 1. The first kappa shape index (κ1) is 26.0. The number of piperazine rings is 1. The molecule has 2 aromatic rings. The number of halogens is 1. The topological polar surface area (TPSA) is 79.7 Å². The van der Waals surface area contributed by atoms with Gasteiger partial charge in [0, 0.05) is 31.9 Å². The summed E-state index contributed by atoms with van der Waals surface area (Å²) >= 11 is 1.29. The molecule has 2 amide bonds. The summed E-state index contributed by atoms with van der Waals surface area (Å²) < 4.78 is 0. The first-order chi connectivity index (χ1) is 16.0. The number of nitriles is 1. The van der Waals surface area contributed by atoms with Gasteiger partial charge in [-0.3, -0.25) is 19.9 Å². The van der Waals surface area contributed by atoms with E-state index in [2.05, 4.69) is 16.4 Å². The molecule has 7 nitrogen and oxygen atoms in total. The normalized spacial score (nSPS) is 20.4. The van der Waals surface area contributed by atoms with Crippen LogP contribution in [0.5, 0.6) is 0 Å². The maximum absolute atomic E-state index is 13.5. The van der Waals surface area contributed by atoms with Crippen LogP contribution >= 0.6 is 28.7 Å². The van der Waals surface area contributed by atoms with Crippen LogP contribution in [0, 0.1) is 18.3 Å². The highest BCUT2D eigenvalue weighted by Crippen LogP contribution is 2.41. The second-order valence-electron chi connectivity index (χ2n) is 8.33. The Hall–Kier alpha value is -2.64. The van der Waals surface area contributed by atoms with Crippen molar-refractivity contribution in [2.24, 2.45) is 0 Å². The highest BCUT2D eigenvalue weighted by atomic mass is 79.9. The van der Waals surface area contributed by atoms with Crippen LogP contribution in [-0.4, -0.2) is 60.2 Å². The quantitative estimate of drug-likeness (QED) is 0.462. The van der Waals surface area contributed by atoms with Gasteiger partial charge >= 0.3 is 0 Å². The lowest BCUT2D eigenvalue weighted by molar-refractivity contribution is -0.122. The number of amides is 2. The maximum atomic E-state index is 13.5. The lowest BCUT2D eigenvalue weighted by Gasteiger charge is -2.32. The van der Waals surface area contributed by atoms with Crippen LogP contribution in [0.4, 0.5) is 5.69 Å². The molecule has 178 valence electrons. The number of likely N-dealkylation sites (N-methyl/N-ethyl adjacent to an activating group) is 1. The third kappa shape index (κ3) is 5.88. The fraction of sp³-hybridized carbons (Fsp3) is 0.320. The Bertz CT molecular complexity index is 1090. The number of thioether (sulfide) groups is 1. The molecule has 0 aromatic heterocycles. The van der Waals surface area contributed by atoms with Gasteiger partial charge in [0.05, 0.1) is 5.25 Å². The number of rotatable bonds is 5. The van der Waals surface area contributed by atoms with E-state index in [9.17, 15) is 14.9 Å². The summed E-state index contributed by atoms with van der Waals surface area (Å²) in [5.41, 5.74) is 5.67. The third-order valence-corrected chi connectivity index (χ3v) is 7.09. The fourth-order valence-electron chi connectivity index (χ4n) is 3.85. The Morgan fingerprint density at radius 2 is 1.74 bits per heavy atom. The summed E-state index contributed by atoms with van der Waals surface area (Å²) in [5.74, 6) is -0.601. The van der Waals surface area contributed by atoms with E-state index >= 15 is 0 Å². The van der Waals surface area contributed by atoms with E-state index in [1.165, 1.54) is 16.7 Å². The standard InChI is InChI=1S/C25H27N5O2S.BrH/c1-18-8-10-19(11-9-18)16-22-24(32)30(20-6-4-3-5-7-20)25(33-22)21(17-26)23(31)27-29-14-12-28(2)13-15-29;/h3-11,22H,12-16H2,1-2H3,(H,27,31);1H/b25-21+;. The zero-order chi connectivity index (χ0) is 23.4. The van der Waals surface area contributed by atoms with Crippen molar-refractivity contribution < 1.29 is 9.59 Å². The van der Waals surface area contributed by atoms with Gasteiger partial charge in [-0.1, -0.05) is 59.8 Å². The lowest BCUT2D eigenvalue weighted by atomic mass is 10.1. The van der Waals surface area contributed by atoms with Gasteiger partial charge in [0.1, 0.15) is 16.7 Å². The Morgan fingerprint density at radius 1 is 1.09 bits per heavy atom. The molecule has 4 rings (SSSR count). The SMILES string of the molecule is Br.Cc1ccc(CC2S/C(=C(\C#N)C(=O)NN3CCN(C)CC3)N(c3ccccc3)C2=O)cc1. The van der Waals surface area contributed by atoms with Crippen molar-refractivity contribution in [1.82, 2.24) is 15.3 Å². The minimum atomic E-state index is -0.478. The molecule has 2 aliphatic heterocycles. The maximum Gasteiger partial charge on any atom is 0.278 e. The van der Waals surface area contributed by atoms with Crippen molar-refractivity contribution in [3.8, 4) is 6.07 Å². The smallest absolute Gasteiger partial charge is 0.278 e. The van der Waals surface area contributed by atoms with Crippen LogP contribution in [0.3, 0.4) is 0 Å². The highest BCUT2D eigenvalue weighted by Gasteiger charge is 2.41. The van der Waals surface area contributed by atoms with Crippen molar-refractivity contribution >= 4 is 46.2 Å². The van der Waals surface area contributed by atoms with E-state index in [-0.39, 0.29) is 28.5 Å². The Kier molecular flexibility index (Phi) is 8.91. The van der Waals surface area contributed by atoms with E-state index in [4.69, 9.17) is 0 Å². The third-order valence-electron chi connectivity index (χ3n) is 5.82. The van der Waals surface area contributed by atoms with Crippen LogP contribution in [0.2, 0.25) is 0 Å². The van der Waals surface area contributed by atoms with Gasteiger partial charge < -0.3 is 4.90 Å². The van der Waals surface area contributed by atoms with Gasteiger partial charge in [-0.15, -0.1) is 17.0 Å². The number of nitrogens with zero attached hydrogens (tertiary/aromatic N) is 4. The van der Waals surface area contributed by atoms with Crippen molar-refractivity contribution in [2.75, 3.05) is 38.1 Å². The molecule has 2 saturated heterocycles. The predicted molar refractivity (Wildman–Crippen MR) is 140 cm³/mol. The largest absolute Gasteiger partial charge is 0.304 e. The number of para-hydroxylation sites is 1. The van der Waals surface area contributed by atoms with E-state index < -0.39 is 11.2 Å². The van der Waals surface area contributed by atoms with Crippen molar-refractivity contribution in [3.63, 3.8) is 0 Å². The molecule has 2 aromatic carbocycles. The number of hydrazine groups is 1. The molecule has 0 saturated carbocycles. The van der Waals surface area contributed by atoms with Gasteiger partial charge in [0.25, 0.3) is 5.91 Å². The van der Waals surface area contributed by atoms with E-state index in [0.717, 1.165) is 24.2 Å². The molecule has 0 radical (unpaired) electrons. The molecule has 1 atom stereocenters. The van der Waals surface area contributed by atoms with Crippen LogP contribution < -0.4 is 10.3 Å². The second kappa shape index (κ2) is 11.7. The minimum absolute atomic E-state index is 0. The molecule has 1 unspecified atom stereocenters. The van der Waals surface area contributed by atoms with Crippen LogP contribution in [0.1, 0.15) is 11.1 Å². The fourth-order valence-corrected chi connectivity index (χ4v) is 5.16. The second-order valence-corrected chi connectivity index (χ2v) is 9.52. The van der Waals surface area contributed by atoms with Gasteiger partial charge in [-0.2, -0.15) is 5.26 Å². The summed E-state index contributed by atoms with van der Waals surface area (Å²) in [6.07, 6.45) is 0.523. The molecule has 0 aliphatic carbocycles. The number of hydrogen-bond acceptors (Lipinski definition) is 6. The summed E-state index contributed by atoms with van der Waals surface area (Å²) in [4.78, 5) is 30.3. The van der Waals surface area contributed by atoms with Gasteiger partial charge in [-0.25, -0.2) is 5.01 Å². The lowest BCUT2D eigenvalue weighted by Crippen LogP contribution is -2.53. The molecule has 0 bridgehead atoms. The first-order valence-electron chi connectivity index (χ1n) is 11.0. The van der Waals surface area contributed by atoms with Crippen molar-refractivity contribution in [2.45, 2.75) is 18.6 Å². The number of benzene rings is 2.